The maximum Gasteiger partial charge on any atom is 0.408 e. The third-order valence-corrected chi connectivity index (χ3v) is 2.61. The Morgan fingerprint density at radius 3 is 2.94 bits per heavy atom. The highest BCUT2D eigenvalue weighted by Gasteiger charge is 2.47. The first-order valence-electron chi connectivity index (χ1n) is 5.12. The summed E-state index contributed by atoms with van der Waals surface area (Å²) in [7, 11) is 1.29. The summed E-state index contributed by atoms with van der Waals surface area (Å²) in [5.74, 6) is -3.29. The molecule has 1 aromatic rings. The molecule has 1 heterocycles. The number of ether oxygens (including phenoxy) is 2. The van der Waals surface area contributed by atoms with Gasteiger partial charge in [-0.15, -0.1) is 0 Å². The summed E-state index contributed by atoms with van der Waals surface area (Å²) in [6.45, 7) is -0.993. The SMILES string of the molecule is COc1cc(O)ccc1[C@@H]1NC(=O)OCC1(F)F. The van der Waals surface area contributed by atoms with Crippen LogP contribution in [0, 0.1) is 0 Å². The number of hydrogen-bond acceptors (Lipinski definition) is 4. The number of phenols is 1. The number of cyclic esters (lactones) is 1. The molecule has 1 aromatic carbocycles. The molecule has 0 spiro atoms. The van der Waals surface area contributed by atoms with E-state index >= 15 is 0 Å². The summed E-state index contributed by atoms with van der Waals surface area (Å²) >= 11 is 0. The molecule has 2 rings (SSSR count). The van der Waals surface area contributed by atoms with E-state index in [0.717, 1.165) is 0 Å². The van der Waals surface area contributed by atoms with Crippen LogP contribution >= 0.6 is 0 Å². The quantitative estimate of drug-likeness (QED) is 0.850. The number of carbonyl (C=O) groups excluding carboxylic acids is 1. The smallest absolute Gasteiger partial charge is 0.408 e. The number of halogens is 2. The zero-order valence-electron chi connectivity index (χ0n) is 9.44. The van der Waals surface area contributed by atoms with Crippen LogP contribution < -0.4 is 10.1 Å². The third-order valence-electron chi connectivity index (χ3n) is 2.61. The molecule has 1 amide bonds. The van der Waals surface area contributed by atoms with Gasteiger partial charge in [0.25, 0.3) is 0 Å². The molecule has 0 bridgehead atoms. The number of nitrogens with one attached hydrogen (secondary N) is 1. The van der Waals surface area contributed by atoms with E-state index in [1.165, 1.54) is 25.3 Å². The van der Waals surface area contributed by atoms with Gasteiger partial charge in [-0.05, 0) is 12.1 Å². The molecule has 0 aliphatic carbocycles. The van der Waals surface area contributed by atoms with Crippen molar-refractivity contribution in [3.05, 3.63) is 23.8 Å². The van der Waals surface area contributed by atoms with E-state index in [0.29, 0.717) is 0 Å². The van der Waals surface area contributed by atoms with Crippen molar-refractivity contribution in [1.29, 1.82) is 0 Å². The minimum absolute atomic E-state index is 0.0712. The average Bonchev–Trinajstić information content (AvgIpc) is 2.32. The van der Waals surface area contributed by atoms with Crippen LogP contribution in [0.25, 0.3) is 0 Å². The second-order valence-corrected chi connectivity index (χ2v) is 3.84. The highest BCUT2D eigenvalue weighted by atomic mass is 19.3. The summed E-state index contributed by atoms with van der Waals surface area (Å²) in [6.07, 6.45) is -0.916. The largest absolute Gasteiger partial charge is 0.508 e. The van der Waals surface area contributed by atoms with Gasteiger partial charge in [-0.1, -0.05) is 0 Å². The molecule has 1 aliphatic heterocycles. The van der Waals surface area contributed by atoms with E-state index < -0.39 is 24.7 Å². The number of rotatable bonds is 2. The fourth-order valence-corrected chi connectivity index (χ4v) is 1.75. The fraction of sp³-hybridized carbons (Fsp3) is 0.364. The van der Waals surface area contributed by atoms with Gasteiger partial charge in [0, 0.05) is 11.6 Å². The Hall–Kier alpha value is -2.05. The Morgan fingerprint density at radius 1 is 1.56 bits per heavy atom. The fourth-order valence-electron chi connectivity index (χ4n) is 1.75. The molecular weight excluding hydrogens is 248 g/mol. The summed E-state index contributed by atoms with van der Waals surface area (Å²) in [5, 5.41) is 11.3. The lowest BCUT2D eigenvalue weighted by Gasteiger charge is -2.32. The van der Waals surface area contributed by atoms with Gasteiger partial charge in [0.2, 0.25) is 0 Å². The number of hydrogen-bond donors (Lipinski definition) is 2. The van der Waals surface area contributed by atoms with E-state index in [4.69, 9.17) is 4.74 Å². The first kappa shape index (κ1) is 12.4. The topological polar surface area (TPSA) is 67.8 Å². The normalized spacial score (nSPS) is 21.9. The molecule has 1 fully saturated rings. The monoisotopic (exact) mass is 259 g/mol. The summed E-state index contributed by atoms with van der Waals surface area (Å²) < 4.78 is 36.5. The molecule has 1 atom stereocenters. The second kappa shape index (κ2) is 4.32. The number of aromatic hydroxyl groups is 1. The second-order valence-electron chi connectivity index (χ2n) is 3.84. The van der Waals surface area contributed by atoms with Gasteiger partial charge in [-0.3, -0.25) is 0 Å². The molecule has 7 heteroatoms. The zero-order valence-corrected chi connectivity index (χ0v) is 9.44. The van der Waals surface area contributed by atoms with Crippen molar-refractivity contribution >= 4 is 6.09 Å². The number of phenolic OH excluding ortho intramolecular Hbond substituents is 1. The van der Waals surface area contributed by atoms with Crippen molar-refractivity contribution in [2.24, 2.45) is 0 Å². The maximum atomic E-state index is 13.7. The average molecular weight is 259 g/mol. The molecule has 98 valence electrons. The zero-order chi connectivity index (χ0) is 13.3. The molecule has 18 heavy (non-hydrogen) atoms. The van der Waals surface area contributed by atoms with E-state index in [9.17, 15) is 18.7 Å². The number of benzene rings is 1. The number of alkyl carbamates (subject to hydrolysis) is 1. The standard InChI is InChI=1S/C11H11F2NO4/c1-17-8-4-6(15)2-3-7(8)9-11(12,13)5-18-10(16)14-9/h2-4,9,15H,5H2,1H3,(H,14,16)/t9-/m0/s1. The van der Waals surface area contributed by atoms with Crippen LogP contribution in [0.1, 0.15) is 11.6 Å². The summed E-state index contributed by atoms with van der Waals surface area (Å²) in [5.41, 5.74) is 0.0805. The van der Waals surface area contributed by atoms with Crippen molar-refractivity contribution in [1.82, 2.24) is 5.32 Å². The van der Waals surface area contributed by atoms with Crippen LogP contribution in [0.5, 0.6) is 11.5 Å². The highest BCUT2D eigenvalue weighted by molar-refractivity contribution is 5.69. The van der Waals surface area contributed by atoms with Crippen LogP contribution in [0.2, 0.25) is 0 Å². The number of alkyl halides is 2. The molecule has 0 aromatic heterocycles. The van der Waals surface area contributed by atoms with Crippen molar-refractivity contribution in [2.45, 2.75) is 12.0 Å². The van der Waals surface area contributed by atoms with Crippen molar-refractivity contribution in [3.8, 4) is 11.5 Å². The molecule has 5 nitrogen and oxygen atoms in total. The van der Waals surface area contributed by atoms with Crippen LogP contribution in [0.3, 0.4) is 0 Å². The van der Waals surface area contributed by atoms with E-state index in [2.05, 4.69) is 4.74 Å². The molecular formula is C11H11F2NO4. The lowest BCUT2D eigenvalue weighted by atomic mass is 9.99. The Morgan fingerprint density at radius 2 is 2.28 bits per heavy atom. The summed E-state index contributed by atoms with van der Waals surface area (Å²) in [6, 6.07) is 2.18. The van der Waals surface area contributed by atoms with Crippen LogP contribution in [-0.4, -0.2) is 30.8 Å². The molecule has 0 unspecified atom stereocenters. The summed E-state index contributed by atoms with van der Waals surface area (Å²) in [4.78, 5) is 11.0. The van der Waals surface area contributed by atoms with Gasteiger partial charge in [0.05, 0.1) is 7.11 Å². The van der Waals surface area contributed by atoms with E-state index in [1.807, 2.05) is 5.32 Å². The number of amides is 1. The van der Waals surface area contributed by atoms with Gasteiger partial charge < -0.3 is 19.9 Å². The van der Waals surface area contributed by atoms with Gasteiger partial charge in [-0.25, -0.2) is 13.6 Å². The molecule has 2 N–H and O–H groups in total. The van der Waals surface area contributed by atoms with Gasteiger partial charge in [0.1, 0.15) is 17.5 Å². The molecule has 1 aliphatic rings. The van der Waals surface area contributed by atoms with Crippen molar-refractivity contribution in [3.63, 3.8) is 0 Å². The van der Waals surface area contributed by atoms with Gasteiger partial charge >= 0.3 is 12.0 Å². The van der Waals surface area contributed by atoms with Crippen molar-refractivity contribution in [2.75, 3.05) is 13.7 Å². The Balaban J connectivity index is 2.42. The van der Waals surface area contributed by atoms with Crippen LogP contribution in [0.4, 0.5) is 13.6 Å². The first-order chi connectivity index (χ1) is 8.44. The van der Waals surface area contributed by atoms with Crippen LogP contribution in [0.15, 0.2) is 18.2 Å². The van der Waals surface area contributed by atoms with Gasteiger partial charge in [-0.2, -0.15) is 0 Å². The molecule has 0 radical (unpaired) electrons. The minimum Gasteiger partial charge on any atom is -0.508 e. The van der Waals surface area contributed by atoms with Crippen LogP contribution in [-0.2, 0) is 4.74 Å². The van der Waals surface area contributed by atoms with E-state index in [-0.39, 0.29) is 17.1 Å². The third kappa shape index (κ3) is 2.15. The number of carbonyl (C=O) groups is 1. The number of methoxy groups -OCH3 is 1. The predicted molar refractivity (Wildman–Crippen MR) is 56.8 cm³/mol. The minimum atomic E-state index is -3.25. The highest BCUT2D eigenvalue weighted by Crippen LogP contribution is 2.39. The molecule has 0 saturated carbocycles. The Bertz CT molecular complexity index is 478. The Labute approximate surface area is 101 Å². The predicted octanol–water partition coefficient (Wildman–Crippen LogP) is 1.82. The lowest BCUT2D eigenvalue weighted by Crippen LogP contribution is -2.49. The lowest BCUT2D eigenvalue weighted by molar-refractivity contribution is -0.104. The van der Waals surface area contributed by atoms with Crippen molar-refractivity contribution < 1.29 is 28.2 Å². The first-order valence-corrected chi connectivity index (χ1v) is 5.12. The Kier molecular flexibility index (Phi) is 2.98. The molecule has 1 saturated heterocycles. The van der Waals surface area contributed by atoms with Gasteiger partial charge in [0.15, 0.2) is 6.61 Å². The maximum absolute atomic E-state index is 13.7. The van der Waals surface area contributed by atoms with E-state index in [1.54, 1.807) is 0 Å².